The van der Waals surface area contributed by atoms with Crippen molar-refractivity contribution in [3.8, 4) is 0 Å². The average Bonchev–Trinajstić information content (AvgIpc) is 2.26. The molecule has 0 amide bonds. The molecule has 1 rings (SSSR count). The largest absolute Gasteiger partial charge is 0.465 e. The SMILES string of the molecule is CCOC(=O)C(C)(C)C(O)c1cc(F)cc(Cl)c1. The zero-order chi connectivity index (χ0) is 13.9. The highest BCUT2D eigenvalue weighted by atomic mass is 35.5. The lowest BCUT2D eigenvalue weighted by Gasteiger charge is -2.28. The summed E-state index contributed by atoms with van der Waals surface area (Å²) >= 11 is 5.72. The predicted octanol–water partition coefficient (Wildman–Crippen LogP) is 3.10. The predicted molar refractivity (Wildman–Crippen MR) is 66.8 cm³/mol. The van der Waals surface area contributed by atoms with Crippen molar-refractivity contribution in [2.75, 3.05) is 6.61 Å². The van der Waals surface area contributed by atoms with Crippen LogP contribution in [0.4, 0.5) is 4.39 Å². The molecular weight excluding hydrogens is 259 g/mol. The van der Waals surface area contributed by atoms with E-state index in [1.807, 2.05) is 0 Å². The van der Waals surface area contributed by atoms with Crippen molar-refractivity contribution < 1.29 is 19.0 Å². The van der Waals surface area contributed by atoms with Crippen molar-refractivity contribution in [2.24, 2.45) is 5.41 Å². The molecule has 0 fully saturated rings. The van der Waals surface area contributed by atoms with Crippen LogP contribution in [0.15, 0.2) is 18.2 Å². The molecule has 5 heteroatoms. The maximum atomic E-state index is 13.2. The third-order valence-electron chi connectivity index (χ3n) is 2.69. The maximum Gasteiger partial charge on any atom is 0.314 e. The Hall–Kier alpha value is -1.13. The Balaban J connectivity index is 3.04. The molecule has 0 bridgehead atoms. The quantitative estimate of drug-likeness (QED) is 0.858. The van der Waals surface area contributed by atoms with Gasteiger partial charge in [-0.05, 0) is 44.5 Å². The van der Waals surface area contributed by atoms with Crippen LogP contribution in [-0.2, 0) is 9.53 Å². The molecule has 1 aromatic rings. The van der Waals surface area contributed by atoms with E-state index in [1.54, 1.807) is 6.92 Å². The summed E-state index contributed by atoms with van der Waals surface area (Å²) in [7, 11) is 0. The molecule has 1 N–H and O–H groups in total. The van der Waals surface area contributed by atoms with Crippen LogP contribution in [0, 0.1) is 11.2 Å². The second-order valence-electron chi connectivity index (χ2n) is 4.55. The van der Waals surface area contributed by atoms with Crippen LogP contribution >= 0.6 is 11.6 Å². The molecule has 0 radical (unpaired) electrons. The number of esters is 1. The molecular formula is C13H16ClFO3. The molecule has 0 heterocycles. The Labute approximate surface area is 111 Å². The molecule has 1 aromatic carbocycles. The molecule has 0 saturated carbocycles. The summed E-state index contributed by atoms with van der Waals surface area (Å²) in [6, 6.07) is 3.71. The number of hydrogen-bond donors (Lipinski definition) is 1. The average molecular weight is 275 g/mol. The van der Waals surface area contributed by atoms with Crippen molar-refractivity contribution in [3.63, 3.8) is 0 Å². The standard InChI is InChI=1S/C13H16ClFO3/c1-4-18-12(17)13(2,3)11(16)8-5-9(14)7-10(15)6-8/h5-7,11,16H,4H2,1-3H3. The van der Waals surface area contributed by atoms with Gasteiger partial charge in [0.15, 0.2) is 0 Å². The number of aliphatic hydroxyl groups excluding tert-OH is 1. The highest BCUT2D eigenvalue weighted by Crippen LogP contribution is 2.35. The van der Waals surface area contributed by atoms with E-state index in [9.17, 15) is 14.3 Å². The molecule has 100 valence electrons. The van der Waals surface area contributed by atoms with Crippen LogP contribution in [-0.4, -0.2) is 17.7 Å². The van der Waals surface area contributed by atoms with Gasteiger partial charge in [0.25, 0.3) is 0 Å². The Morgan fingerprint density at radius 2 is 2.11 bits per heavy atom. The van der Waals surface area contributed by atoms with Gasteiger partial charge in [-0.1, -0.05) is 11.6 Å². The number of ether oxygens (including phenoxy) is 1. The van der Waals surface area contributed by atoms with E-state index in [0.29, 0.717) is 0 Å². The molecule has 0 aromatic heterocycles. The number of halogens is 2. The lowest BCUT2D eigenvalue weighted by atomic mass is 9.82. The lowest BCUT2D eigenvalue weighted by Crippen LogP contribution is -2.33. The summed E-state index contributed by atoms with van der Waals surface area (Å²) in [6.07, 6.45) is -1.19. The Kier molecular flexibility index (Phi) is 4.71. The fourth-order valence-electron chi connectivity index (χ4n) is 1.58. The fraction of sp³-hybridized carbons (Fsp3) is 0.462. The van der Waals surface area contributed by atoms with Crippen LogP contribution in [0.3, 0.4) is 0 Å². The van der Waals surface area contributed by atoms with Gasteiger partial charge in [0.1, 0.15) is 5.82 Å². The number of rotatable bonds is 4. The smallest absolute Gasteiger partial charge is 0.314 e. The number of carbonyl (C=O) groups excluding carboxylic acids is 1. The van der Waals surface area contributed by atoms with Gasteiger partial charge in [-0.25, -0.2) is 4.39 Å². The topological polar surface area (TPSA) is 46.5 Å². The molecule has 1 unspecified atom stereocenters. The maximum absolute atomic E-state index is 13.2. The Morgan fingerprint density at radius 3 is 2.61 bits per heavy atom. The number of benzene rings is 1. The second kappa shape index (κ2) is 5.67. The summed E-state index contributed by atoms with van der Waals surface area (Å²) in [5.74, 6) is -1.10. The van der Waals surface area contributed by atoms with Gasteiger partial charge < -0.3 is 9.84 Å². The van der Waals surface area contributed by atoms with E-state index in [1.165, 1.54) is 19.9 Å². The van der Waals surface area contributed by atoms with Crippen LogP contribution in [0.1, 0.15) is 32.4 Å². The Morgan fingerprint density at radius 1 is 1.50 bits per heavy atom. The molecule has 3 nitrogen and oxygen atoms in total. The first kappa shape index (κ1) is 14.9. The van der Waals surface area contributed by atoms with E-state index in [0.717, 1.165) is 12.1 Å². The molecule has 18 heavy (non-hydrogen) atoms. The number of aliphatic hydroxyl groups is 1. The van der Waals surface area contributed by atoms with Gasteiger partial charge >= 0.3 is 5.97 Å². The van der Waals surface area contributed by atoms with Gasteiger partial charge in [0.2, 0.25) is 0 Å². The third kappa shape index (κ3) is 3.21. The summed E-state index contributed by atoms with van der Waals surface area (Å²) in [5, 5.41) is 10.3. The van der Waals surface area contributed by atoms with Crippen molar-refractivity contribution in [1.82, 2.24) is 0 Å². The van der Waals surface area contributed by atoms with Crippen molar-refractivity contribution in [3.05, 3.63) is 34.6 Å². The van der Waals surface area contributed by atoms with Crippen LogP contribution in [0.5, 0.6) is 0 Å². The minimum atomic E-state index is -1.19. The minimum Gasteiger partial charge on any atom is -0.465 e. The molecule has 0 aliphatic heterocycles. The summed E-state index contributed by atoms with van der Waals surface area (Å²) in [4.78, 5) is 11.7. The van der Waals surface area contributed by atoms with Gasteiger partial charge in [0, 0.05) is 5.02 Å². The van der Waals surface area contributed by atoms with Gasteiger partial charge in [-0.3, -0.25) is 4.79 Å². The Bertz CT molecular complexity index is 426. The van der Waals surface area contributed by atoms with E-state index >= 15 is 0 Å². The van der Waals surface area contributed by atoms with Crippen LogP contribution in [0.2, 0.25) is 5.02 Å². The zero-order valence-electron chi connectivity index (χ0n) is 10.5. The van der Waals surface area contributed by atoms with Gasteiger partial charge in [-0.15, -0.1) is 0 Å². The minimum absolute atomic E-state index is 0.170. The zero-order valence-corrected chi connectivity index (χ0v) is 11.3. The highest BCUT2D eigenvalue weighted by Gasteiger charge is 2.38. The van der Waals surface area contributed by atoms with Crippen molar-refractivity contribution in [2.45, 2.75) is 26.9 Å². The molecule has 0 aliphatic carbocycles. The number of hydrogen-bond acceptors (Lipinski definition) is 3. The molecule has 0 saturated heterocycles. The van der Waals surface area contributed by atoms with E-state index in [4.69, 9.17) is 16.3 Å². The van der Waals surface area contributed by atoms with Gasteiger partial charge in [-0.2, -0.15) is 0 Å². The first-order valence-corrected chi connectivity index (χ1v) is 5.98. The van der Waals surface area contributed by atoms with E-state index < -0.39 is 23.3 Å². The molecule has 1 atom stereocenters. The summed E-state index contributed by atoms with van der Waals surface area (Å²) in [5.41, 5.74) is -0.925. The van der Waals surface area contributed by atoms with E-state index in [-0.39, 0.29) is 17.2 Å². The first-order valence-electron chi connectivity index (χ1n) is 5.60. The van der Waals surface area contributed by atoms with Crippen LogP contribution in [0.25, 0.3) is 0 Å². The molecule has 0 aliphatic rings. The van der Waals surface area contributed by atoms with Crippen LogP contribution < -0.4 is 0 Å². The summed E-state index contributed by atoms with van der Waals surface area (Å²) < 4.78 is 18.1. The normalized spacial score (nSPS) is 13.2. The lowest BCUT2D eigenvalue weighted by molar-refractivity contribution is -0.160. The fourth-order valence-corrected chi connectivity index (χ4v) is 1.81. The van der Waals surface area contributed by atoms with Crippen molar-refractivity contribution >= 4 is 17.6 Å². The number of carbonyl (C=O) groups is 1. The van der Waals surface area contributed by atoms with Gasteiger partial charge in [0.05, 0.1) is 18.1 Å². The van der Waals surface area contributed by atoms with Crippen molar-refractivity contribution in [1.29, 1.82) is 0 Å². The summed E-state index contributed by atoms with van der Waals surface area (Å²) in [6.45, 7) is 4.97. The van der Waals surface area contributed by atoms with E-state index in [2.05, 4.69) is 0 Å². The first-order chi connectivity index (χ1) is 8.28. The second-order valence-corrected chi connectivity index (χ2v) is 4.98. The highest BCUT2D eigenvalue weighted by molar-refractivity contribution is 6.30. The monoisotopic (exact) mass is 274 g/mol. The molecule has 0 spiro atoms. The third-order valence-corrected chi connectivity index (χ3v) is 2.90.